The lowest BCUT2D eigenvalue weighted by Gasteiger charge is -2.26. The van der Waals surface area contributed by atoms with Crippen molar-refractivity contribution in [2.45, 2.75) is 39.2 Å². The van der Waals surface area contributed by atoms with Crippen molar-refractivity contribution in [2.24, 2.45) is 0 Å². The van der Waals surface area contributed by atoms with Crippen molar-refractivity contribution in [3.8, 4) is 35.2 Å². The molecule has 4 aromatic rings. The van der Waals surface area contributed by atoms with E-state index in [1.807, 2.05) is 50.0 Å². The molecule has 1 aliphatic heterocycles. The Bertz CT molecular complexity index is 1440. The molecule has 0 saturated carbocycles. The van der Waals surface area contributed by atoms with Crippen LogP contribution in [-0.4, -0.2) is 45.0 Å². The predicted molar refractivity (Wildman–Crippen MR) is 165 cm³/mol. The Balaban J connectivity index is 0.00000181. The van der Waals surface area contributed by atoms with E-state index in [-0.39, 0.29) is 0 Å². The second-order valence-electron chi connectivity index (χ2n) is 9.87. The predicted octanol–water partition coefficient (Wildman–Crippen LogP) is 6.35. The zero-order valence-corrected chi connectivity index (χ0v) is 23.4. The highest BCUT2D eigenvalue weighted by Crippen LogP contribution is 2.29. The average Bonchev–Trinajstić information content (AvgIpc) is 3.00. The molecule has 0 aliphatic carbocycles. The van der Waals surface area contributed by atoms with Gasteiger partial charge in [-0.15, -0.1) is 12.8 Å². The summed E-state index contributed by atoms with van der Waals surface area (Å²) in [7, 11) is 1.90. The summed E-state index contributed by atoms with van der Waals surface area (Å²) in [4.78, 5) is 20.5. The summed E-state index contributed by atoms with van der Waals surface area (Å²) >= 11 is 0. The molecule has 0 atom stereocenters. The zero-order chi connectivity index (χ0) is 28.3. The molecule has 5 heterocycles. The Labute approximate surface area is 237 Å². The van der Waals surface area contributed by atoms with E-state index in [1.165, 1.54) is 37.9 Å². The van der Waals surface area contributed by atoms with E-state index in [0.717, 1.165) is 57.3 Å². The van der Waals surface area contributed by atoms with Crippen molar-refractivity contribution in [3.63, 3.8) is 0 Å². The van der Waals surface area contributed by atoms with Gasteiger partial charge in [-0.3, -0.25) is 19.9 Å². The first-order valence-electron chi connectivity index (χ1n) is 13.6. The lowest BCUT2D eigenvalue weighted by Crippen LogP contribution is -2.29. The van der Waals surface area contributed by atoms with Gasteiger partial charge in [-0.05, 0) is 74.3 Å². The molecule has 0 aromatic carbocycles. The standard InChI is InChI=1S/C31H35N7.C2H2/c1-22(37-29-9-12-35-30(23(29)2)25-7-10-33-11-8-25)15-26-17-28(20-36-31(26)32-3)27-16-24(18-34-19-27)21-38-13-5-4-6-14-38;1-2/h7-12,16-20H,1,4-6,13-15,21H2,2-3H3,(H,32,36)(H,35,37);1-2H. The molecule has 4 aromatic heterocycles. The lowest BCUT2D eigenvalue weighted by molar-refractivity contribution is 0.220. The van der Waals surface area contributed by atoms with Crippen LogP contribution in [0.25, 0.3) is 22.4 Å². The van der Waals surface area contributed by atoms with Crippen LogP contribution < -0.4 is 10.6 Å². The maximum absolute atomic E-state index is 4.72. The van der Waals surface area contributed by atoms with Gasteiger partial charge in [-0.25, -0.2) is 4.98 Å². The molecule has 5 rings (SSSR count). The van der Waals surface area contributed by atoms with E-state index >= 15 is 0 Å². The Morgan fingerprint density at radius 1 is 0.900 bits per heavy atom. The van der Waals surface area contributed by atoms with Gasteiger partial charge in [-0.1, -0.05) is 13.0 Å². The van der Waals surface area contributed by atoms with E-state index in [4.69, 9.17) is 4.98 Å². The highest BCUT2D eigenvalue weighted by molar-refractivity contribution is 5.71. The summed E-state index contributed by atoms with van der Waals surface area (Å²) in [6, 6.07) is 10.4. The normalized spacial score (nSPS) is 13.1. The van der Waals surface area contributed by atoms with E-state index in [1.54, 1.807) is 12.4 Å². The van der Waals surface area contributed by atoms with Gasteiger partial charge in [-0.2, -0.15) is 0 Å². The van der Waals surface area contributed by atoms with Crippen molar-refractivity contribution >= 4 is 11.5 Å². The molecule has 40 heavy (non-hydrogen) atoms. The lowest BCUT2D eigenvalue weighted by atomic mass is 10.0. The number of pyridine rings is 4. The van der Waals surface area contributed by atoms with Gasteiger partial charge in [0.25, 0.3) is 0 Å². The van der Waals surface area contributed by atoms with Crippen LogP contribution in [0.3, 0.4) is 0 Å². The maximum Gasteiger partial charge on any atom is 0.129 e. The van der Waals surface area contributed by atoms with Crippen LogP contribution in [-0.2, 0) is 13.0 Å². The number of terminal acetylenes is 1. The number of nitrogens with zero attached hydrogens (tertiary/aromatic N) is 5. The average molecular weight is 532 g/mol. The molecule has 1 saturated heterocycles. The van der Waals surface area contributed by atoms with Gasteiger partial charge >= 0.3 is 0 Å². The number of allylic oxidation sites excluding steroid dienone is 1. The number of hydrogen-bond donors (Lipinski definition) is 2. The minimum Gasteiger partial charge on any atom is -0.373 e. The minimum absolute atomic E-state index is 0.629. The second-order valence-corrected chi connectivity index (χ2v) is 9.87. The van der Waals surface area contributed by atoms with Gasteiger partial charge in [0.15, 0.2) is 0 Å². The number of hydrogen-bond acceptors (Lipinski definition) is 7. The van der Waals surface area contributed by atoms with E-state index in [9.17, 15) is 0 Å². The fraction of sp³-hybridized carbons (Fsp3) is 0.273. The molecule has 1 aliphatic rings. The number of nitrogens with one attached hydrogen (secondary N) is 2. The Kier molecular flexibility index (Phi) is 9.98. The van der Waals surface area contributed by atoms with Gasteiger partial charge in [0, 0.05) is 90.8 Å². The molecule has 0 unspecified atom stereocenters. The van der Waals surface area contributed by atoms with Crippen molar-refractivity contribution in [2.75, 3.05) is 30.8 Å². The topological polar surface area (TPSA) is 78.9 Å². The van der Waals surface area contributed by atoms with Crippen LogP contribution in [0, 0.1) is 19.8 Å². The van der Waals surface area contributed by atoms with Crippen LogP contribution in [0.2, 0.25) is 0 Å². The van der Waals surface area contributed by atoms with Crippen LogP contribution in [0.4, 0.5) is 11.5 Å². The SMILES string of the molecule is C#C.C=C(Cc1cc(-c2cncc(CN3CCCCC3)c2)cnc1NC)Nc1ccnc(-c2ccncc2)c1C. The molecule has 7 heteroatoms. The van der Waals surface area contributed by atoms with E-state index in [2.05, 4.69) is 69.0 Å². The number of aromatic nitrogens is 4. The highest BCUT2D eigenvalue weighted by Gasteiger charge is 2.14. The molecular weight excluding hydrogens is 494 g/mol. The molecule has 0 amide bonds. The molecular formula is C33H37N7. The maximum atomic E-state index is 4.72. The summed E-state index contributed by atoms with van der Waals surface area (Å²) in [5.41, 5.74) is 9.37. The van der Waals surface area contributed by atoms with Crippen molar-refractivity contribution < 1.29 is 0 Å². The smallest absolute Gasteiger partial charge is 0.129 e. The Morgan fingerprint density at radius 2 is 1.65 bits per heavy atom. The van der Waals surface area contributed by atoms with Crippen molar-refractivity contribution in [3.05, 3.63) is 96.5 Å². The van der Waals surface area contributed by atoms with E-state index in [0.29, 0.717) is 6.42 Å². The number of piperidine rings is 1. The number of rotatable bonds is 9. The van der Waals surface area contributed by atoms with Crippen LogP contribution >= 0.6 is 0 Å². The first-order chi connectivity index (χ1) is 19.6. The van der Waals surface area contributed by atoms with Crippen molar-refractivity contribution in [1.29, 1.82) is 0 Å². The summed E-state index contributed by atoms with van der Waals surface area (Å²) in [5.74, 6) is 0.845. The fourth-order valence-corrected chi connectivity index (χ4v) is 5.07. The first-order valence-corrected chi connectivity index (χ1v) is 13.6. The minimum atomic E-state index is 0.629. The quantitative estimate of drug-likeness (QED) is 0.244. The Morgan fingerprint density at radius 3 is 2.40 bits per heavy atom. The third kappa shape index (κ3) is 7.10. The number of anilines is 2. The zero-order valence-electron chi connectivity index (χ0n) is 23.4. The van der Waals surface area contributed by atoms with Crippen molar-refractivity contribution in [1.82, 2.24) is 24.8 Å². The molecule has 2 N–H and O–H groups in total. The summed E-state index contributed by atoms with van der Waals surface area (Å²) in [6.07, 6.45) is 23.8. The van der Waals surface area contributed by atoms with Crippen LogP contribution in [0.15, 0.2) is 79.8 Å². The highest BCUT2D eigenvalue weighted by atomic mass is 15.1. The molecule has 0 bridgehead atoms. The second kappa shape index (κ2) is 14.0. The van der Waals surface area contributed by atoms with Gasteiger partial charge < -0.3 is 10.6 Å². The molecule has 7 nitrogen and oxygen atoms in total. The number of likely N-dealkylation sites (tertiary alicyclic amines) is 1. The fourth-order valence-electron chi connectivity index (χ4n) is 5.07. The van der Waals surface area contributed by atoms with Gasteiger partial charge in [0.1, 0.15) is 5.82 Å². The largest absolute Gasteiger partial charge is 0.373 e. The third-order valence-electron chi connectivity index (χ3n) is 7.06. The van der Waals surface area contributed by atoms with Gasteiger partial charge in [0.2, 0.25) is 0 Å². The Hall–Kier alpha value is -4.54. The monoisotopic (exact) mass is 531 g/mol. The first kappa shape index (κ1) is 28.5. The molecule has 204 valence electrons. The summed E-state index contributed by atoms with van der Waals surface area (Å²) < 4.78 is 0. The van der Waals surface area contributed by atoms with Gasteiger partial charge in [0.05, 0.1) is 5.69 Å². The third-order valence-corrected chi connectivity index (χ3v) is 7.06. The molecule has 0 radical (unpaired) electrons. The molecule has 0 spiro atoms. The molecule has 1 fully saturated rings. The van der Waals surface area contributed by atoms with E-state index < -0.39 is 0 Å². The van der Waals surface area contributed by atoms with Crippen LogP contribution in [0.5, 0.6) is 0 Å². The summed E-state index contributed by atoms with van der Waals surface area (Å²) in [6.45, 7) is 9.69. The van der Waals surface area contributed by atoms with Crippen LogP contribution in [0.1, 0.15) is 36.0 Å². The summed E-state index contributed by atoms with van der Waals surface area (Å²) in [5, 5.41) is 6.74.